The van der Waals surface area contributed by atoms with Crippen molar-refractivity contribution in [3.63, 3.8) is 0 Å². The highest BCUT2D eigenvalue weighted by molar-refractivity contribution is 9.10. The smallest absolute Gasteiger partial charge is 0.222 e. The summed E-state index contributed by atoms with van der Waals surface area (Å²) in [6, 6.07) is 10.1. The molecule has 0 atom stereocenters. The summed E-state index contributed by atoms with van der Waals surface area (Å²) in [7, 11) is 0. The van der Waals surface area contributed by atoms with E-state index < -0.39 is 0 Å². The van der Waals surface area contributed by atoms with Gasteiger partial charge in [-0.15, -0.1) is 0 Å². The molecule has 2 heterocycles. The standard InChI is InChI=1S/C18H20BrN5O/c19-15-4-5-16-14(13-15)6-11-24(16)12-10-20-17(25)3-1-7-21-18-22-8-2-9-23-18/h2,4-6,8-9,11,13H,1,3,7,10,12H2,(H,20,25)(H,21,22,23). The summed E-state index contributed by atoms with van der Waals surface area (Å²) in [5, 5.41) is 7.25. The third-order valence-electron chi connectivity index (χ3n) is 3.84. The number of fused-ring (bicyclic) bond motifs is 1. The predicted octanol–water partition coefficient (Wildman–Crippen LogP) is 3.20. The molecule has 0 saturated heterocycles. The number of carbonyl (C=O) groups is 1. The quantitative estimate of drug-likeness (QED) is 0.568. The first-order chi connectivity index (χ1) is 12.2. The zero-order chi connectivity index (χ0) is 17.5. The molecule has 0 unspecified atom stereocenters. The lowest BCUT2D eigenvalue weighted by atomic mass is 10.2. The number of rotatable bonds is 8. The van der Waals surface area contributed by atoms with E-state index in [1.54, 1.807) is 18.5 Å². The Morgan fingerprint density at radius 3 is 2.84 bits per heavy atom. The SMILES string of the molecule is O=C(CCCNc1ncccn1)NCCn1ccc2cc(Br)ccc21. The highest BCUT2D eigenvalue weighted by atomic mass is 79.9. The first kappa shape index (κ1) is 17.4. The zero-order valence-electron chi connectivity index (χ0n) is 13.8. The molecule has 0 aliphatic heterocycles. The average Bonchev–Trinajstić information content (AvgIpc) is 3.02. The van der Waals surface area contributed by atoms with E-state index in [0.717, 1.165) is 17.4 Å². The Labute approximate surface area is 154 Å². The monoisotopic (exact) mass is 401 g/mol. The van der Waals surface area contributed by atoms with Gasteiger partial charge in [0.2, 0.25) is 11.9 Å². The van der Waals surface area contributed by atoms with Crippen LogP contribution in [-0.4, -0.2) is 33.5 Å². The molecule has 130 valence electrons. The molecular weight excluding hydrogens is 382 g/mol. The van der Waals surface area contributed by atoms with E-state index in [2.05, 4.69) is 59.3 Å². The Balaban J connectivity index is 1.36. The van der Waals surface area contributed by atoms with Gasteiger partial charge in [0.25, 0.3) is 0 Å². The van der Waals surface area contributed by atoms with Crippen molar-refractivity contribution >= 4 is 38.7 Å². The van der Waals surface area contributed by atoms with Gasteiger partial charge in [-0.2, -0.15) is 0 Å². The summed E-state index contributed by atoms with van der Waals surface area (Å²) in [6.45, 7) is 2.05. The van der Waals surface area contributed by atoms with Crippen molar-refractivity contribution in [3.05, 3.63) is 53.4 Å². The van der Waals surface area contributed by atoms with Crippen LogP contribution in [0.5, 0.6) is 0 Å². The molecule has 0 saturated carbocycles. The number of halogens is 1. The van der Waals surface area contributed by atoms with Crippen LogP contribution in [0.2, 0.25) is 0 Å². The minimum atomic E-state index is 0.0648. The van der Waals surface area contributed by atoms with Crippen molar-refractivity contribution in [3.8, 4) is 0 Å². The number of nitrogens with zero attached hydrogens (tertiary/aromatic N) is 3. The van der Waals surface area contributed by atoms with E-state index in [1.807, 2.05) is 12.3 Å². The molecule has 2 aromatic heterocycles. The topological polar surface area (TPSA) is 71.8 Å². The molecule has 1 amide bonds. The Morgan fingerprint density at radius 2 is 2.00 bits per heavy atom. The number of aromatic nitrogens is 3. The third kappa shape index (κ3) is 5.03. The van der Waals surface area contributed by atoms with Crippen molar-refractivity contribution in [2.24, 2.45) is 0 Å². The van der Waals surface area contributed by atoms with Crippen LogP contribution < -0.4 is 10.6 Å². The van der Waals surface area contributed by atoms with Crippen molar-refractivity contribution < 1.29 is 4.79 Å². The summed E-state index contributed by atoms with van der Waals surface area (Å²) in [4.78, 5) is 20.1. The molecule has 2 N–H and O–H groups in total. The second-order valence-electron chi connectivity index (χ2n) is 5.66. The fourth-order valence-corrected chi connectivity index (χ4v) is 2.99. The van der Waals surface area contributed by atoms with Crippen LogP contribution in [0, 0.1) is 0 Å². The van der Waals surface area contributed by atoms with Crippen LogP contribution in [-0.2, 0) is 11.3 Å². The molecule has 3 aromatic rings. The maximum absolute atomic E-state index is 11.9. The molecule has 0 aliphatic carbocycles. The minimum absolute atomic E-state index is 0.0648. The number of hydrogen-bond donors (Lipinski definition) is 2. The largest absolute Gasteiger partial charge is 0.354 e. The maximum Gasteiger partial charge on any atom is 0.222 e. The predicted molar refractivity (Wildman–Crippen MR) is 102 cm³/mol. The fourth-order valence-electron chi connectivity index (χ4n) is 2.61. The number of anilines is 1. The van der Waals surface area contributed by atoms with Crippen LogP contribution >= 0.6 is 15.9 Å². The highest BCUT2D eigenvalue weighted by Gasteiger charge is 2.04. The molecule has 0 fully saturated rings. The van der Waals surface area contributed by atoms with Gasteiger partial charge in [-0.1, -0.05) is 15.9 Å². The zero-order valence-corrected chi connectivity index (χ0v) is 15.4. The van der Waals surface area contributed by atoms with Crippen molar-refractivity contribution in [2.75, 3.05) is 18.4 Å². The van der Waals surface area contributed by atoms with Gasteiger partial charge in [0.05, 0.1) is 0 Å². The Bertz CT molecular complexity index is 834. The van der Waals surface area contributed by atoms with E-state index in [0.29, 0.717) is 25.5 Å². The second kappa shape index (κ2) is 8.62. The Kier molecular flexibility index (Phi) is 6.00. The Morgan fingerprint density at radius 1 is 1.16 bits per heavy atom. The summed E-state index contributed by atoms with van der Waals surface area (Å²) in [5.41, 5.74) is 1.17. The van der Waals surface area contributed by atoms with E-state index in [4.69, 9.17) is 0 Å². The second-order valence-corrected chi connectivity index (χ2v) is 6.58. The Hall–Kier alpha value is -2.41. The van der Waals surface area contributed by atoms with Gasteiger partial charge in [0.1, 0.15) is 0 Å². The molecule has 1 aromatic carbocycles. The van der Waals surface area contributed by atoms with Crippen LogP contribution in [0.1, 0.15) is 12.8 Å². The summed E-state index contributed by atoms with van der Waals surface area (Å²) in [6.07, 6.45) is 6.65. The van der Waals surface area contributed by atoms with Crippen molar-refractivity contribution in [1.82, 2.24) is 19.9 Å². The van der Waals surface area contributed by atoms with Crippen LogP contribution in [0.25, 0.3) is 10.9 Å². The molecule has 0 spiro atoms. The van der Waals surface area contributed by atoms with E-state index in [9.17, 15) is 4.79 Å². The van der Waals surface area contributed by atoms with Gasteiger partial charge in [0, 0.05) is 60.0 Å². The van der Waals surface area contributed by atoms with Crippen LogP contribution in [0.4, 0.5) is 5.95 Å². The number of carbonyl (C=O) groups excluding carboxylic acids is 1. The van der Waals surface area contributed by atoms with Gasteiger partial charge in [-0.3, -0.25) is 4.79 Å². The van der Waals surface area contributed by atoms with Gasteiger partial charge in [0.15, 0.2) is 0 Å². The van der Waals surface area contributed by atoms with E-state index in [1.165, 1.54) is 10.9 Å². The lowest BCUT2D eigenvalue weighted by Gasteiger charge is -2.08. The first-order valence-electron chi connectivity index (χ1n) is 8.24. The summed E-state index contributed by atoms with van der Waals surface area (Å²) in [5.74, 6) is 0.656. The first-order valence-corrected chi connectivity index (χ1v) is 9.04. The van der Waals surface area contributed by atoms with Gasteiger partial charge < -0.3 is 15.2 Å². The van der Waals surface area contributed by atoms with Gasteiger partial charge >= 0.3 is 0 Å². The molecule has 6 nitrogen and oxygen atoms in total. The van der Waals surface area contributed by atoms with Gasteiger partial charge in [-0.25, -0.2) is 9.97 Å². The molecule has 0 radical (unpaired) electrons. The number of benzene rings is 1. The third-order valence-corrected chi connectivity index (χ3v) is 4.33. The minimum Gasteiger partial charge on any atom is -0.354 e. The average molecular weight is 402 g/mol. The van der Waals surface area contributed by atoms with E-state index >= 15 is 0 Å². The molecule has 25 heavy (non-hydrogen) atoms. The molecule has 7 heteroatoms. The lowest BCUT2D eigenvalue weighted by Crippen LogP contribution is -2.27. The maximum atomic E-state index is 11.9. The summed E-state index contributed by atoms with van der Waals surface area (Å²) >= 11 is 3.48. The van der Waals surface area contributed by atoms with Crippen molar-refractivity contribution in [1.29, 1.82) is 0 Å². The molecule has 0 bridgehead atoms. The number of nitrogens with one attached hydrogen (secondary N) is 2. The number of amides is 1. The summed E-state index contributed by atoms with van der Waals surface area (Å²) < 4.78 is 3.22. The highest BCUT2D eigenvalue weighted by Crippen LogP contribution is 2.20. The fraction of sp³-hybridized carbons (Fsp3) is 0.278. The van der Waals surface area contributed by atoms with E-state index in [-0.39, 0.29) is 5.91 Å². The van der Waals surface area contributed by atoms with Crippen LogP contribution in [0.3, 0.4) is 0 Å². The van der Waals surface area contributed by atoms with Gasteiger partial charge in [-0.05, 0) is 36.8 Å². The van der Waals surface area contributed by atoms with Crippen LogP contribution in [0.15, 0.2) is 53.4 Å². The number of hydrogen-bond acceptors (Lipinski definition) is 4. The molecular formula is C18H20BrN5O. The van der Waals surface area contributed by atoms with Crippen molar-refractivity contribution in [2.45, 2.75) is 19.4 Å². The normalized spacial score (nSPS) is 10.8. The molecule has 3 rings (SSSR count). The molecule has 0 aliphatic rings. The lowest BCUT2D eigenvalue weighted by molar-refractivity contribution is -0.121.